The predicted octanol–water partition coefficient (Wildman–Crippen LogP) is 2.87. The van der Waals surface area contributed by atoms with E-state index in [-0.39, 0.29) is 0 Å². The zero-order chi connectivity index (χ0) is 12.2. The van der Waals surface area contributed by atoms with Gasteiger partial charge in [-0.25, -0.2) is 0 Å². The molecule has 1 unspecified atom stereocenters. The lowest BCUT2D eigenvalue weighted by atomic mass is 9.85. The summed E-state index contributed by atoms with van der Waals surface area (Å²) in [6, 6.07) is 0.605. The molecule has 0 radical (unpaired) electrons. The minimum atomic E-state index is 0.533. The standard InChI is InChI=1S/C14H30N2/c1-12(2)10-13(11-15)16-8-5-6-14(3,4)7-9-16/h12-13H,5-11,15H2,1-4H3. The Morgan fingerprint density at radius 3 is 2.44 bits per heavy atom. The topological polar surface area (TPSA) is 29.3 Å². The highest BCUT2D eigenvalue weighted by Crippen LogP contribution is 2.30. The van der Waals surface area contributed by atoms with Gasteiger partial charge < -0.3 is 5.73 Å². The van der Waals surface area contributed by atoms with Gasteiger partial charge in [-0.2, -0.15) is 0 Å². The van der Waals surface area contributed by atoms with Crippen LogP contribution >= 0.6 is 0 Å². The van der Waals surface area contributed by atoms with Crippen LogP contribution in [0, 0.1) is 11.3 Å². The highest BCUT2D eigenvalue weighted by Gasteiger charge is 2.26. The van der Waals surface area contributed by atoms with Crippen molar-refractivity contribution in [2.45, 2.75) is 59.4 Å². The maximum absolute atomic E-state index is 5.93. The van der Waals surface area contributed by atoms with Gasteiger partial charge in [-0.05, 0) is 50.1 Å². The average molecular weight is 226 g/mol. The van der Waals surface area contributed by atoms with Crippen LogP contribution in [0.4, 0.5) is 0 Å². The second kappa shape index (κ2) is 6.02. The maximum atomic E-state index is 5.93. The summed E-state index contributed by atoms with van der Waals surface area (Å²) in [5.74, 6) is 0.754. The zero-order valence-electron chi connectivity index (χ0n) is 11.6. The van der Waals surface area contributed by atoms with Crippen molar-refractivity contribution in [3.05, 3.63) is 0 Å². The molecule has 96 valence electrons. The summed E-state index contributed by atoms with van der Waals surface area (Å²) in [5.41, 5.74) is 6.46. The van der Waals surface area contributed by atoms with Crippen molar-refractivity contribution in [1.82, 2.24) is 4.90 Å². The maximum Gasteiger partial charge on any atom is 0.0220 e. The summed E-state index contributed by atoms with van der Waals surface area (Å²) in [4.78, 5) is 2.63. The van der Waals surface area contributed by atoms with Crippen molar-refractivity contribution < 1.29 is 0 Å². The van der Waals surface area contributed by atoms with Crippen LogP contribution in [0.2, 0.25) is 0 Å². The summed E-state index contributed by atoms with van der Waals surface area (Å²) >= 11 is 0. The van der Waals surface area contributed by atoms with E-state index in [1.807, 2.05) is 0 Å². The van der Waals surface area contributed by atoms with Gasteiger partial charge in [-0.1, -0.05) is 27.7 Å². The summed E-state index contributed by atoms with van der Waals surface area (Å²) in [6.07, 6.45) is 5.27. The van der Waals surface area contributed by atoms with Crippen LogP contribution < -0.4 is 5.73 Å². The Kier molecular flexibility index (Phi) is 5.26. The van der Waals surface area contributed by atoms with Crippen LogP contribution in [-0.2, 0) is 0 Å². The first-order chi connectivity index (χ1) is 7.44. The fourth-order valence-electron chi connectivity index (χ4n) is 2.75. The first-order valence-corrected chi connectivity index (χ1v) is 6.89. The van der Waals surface area contributed by atoms with Crippen molar-refractivity contribution in [2.24, 2.45) is 17.1 Å². The number of hydrogen-bond acceptors (Lipinski definition) is 2. The first kappa shape index (κ1) is 14.0. The number of hydrogen-bond donors (Lipinski definition) is 1. The van der Waals surface area contributed by atoms with Gasteiger partial charge in [0.2, 0.25) is 0 Å². The Morgan fingerprint density at radius 1 is 1.19 bits per heavy atom. The van der Waals surface area contributed by atoms with Crippen LogP contribution in [0.15, 0.2) is 0 Å². The lowest BCUT2D eigenvalue weighted by molar-refractivity contribution is 0.177. The van der Waals surface area contributed by atoms with Crippen molar-refractivity contribution in [1.29, 1.82) is 0 Å². The third kappa shape index (κ3) is 4.42. The van der Waals surface area contributed by atoms with Crippen molar-refractivity contribution in [3.8, 4) is 0 Å². The van der Waals surface area contributed by atoms with Crippen LogP contribution in [0.25, 0.3) is 0 Å². The zero-order valence-corrected chi connectivity index (χ0v) is 11.6. The third-order valence-corrected chi connectivity index (χ3v) is 3.91. The molecule has 1 aliphatic rings. The third-order valence-electron chi connectivity index (χ3n) is 3.91. The molecular weight excluding hydrogens is 196 g/mol. The van der Waals surface area contributed by atoms with Gasteiger partial charge in [0, 0.05) is 12.6 Å². The molecule has 0 aromatic heterocycles. The Labute approximate surface area is 102 Å². The molecule has 0 spiro atoms. The molecule has 2 heteroatoms. The van der Waals surface area contributed by atoms with Gasteiger partial charge in [0.15, 0.2) is 0 Å². The van der Waals surface area contributed by atoms with E-state index in [4.69, 9.17) is 5.73 Å². The molecule has 0 bridgehead atoms. The van der Waals surface area contributed by atoms with E-state index < -0.39 is 0 Å². The Balaban J connectivity index is 2.51. The normalized spacial score (nSPS) is 24.4. The van der Waals surface area contributed by atoms with E-state index in [0.717, 1.165) is 12.5 Å². The van der Waals surface area contributed by atoms with Gasteiger partial charge in [0.25, 0.3) is 0 Å². The monoisotopic (exact) mass is 226 g/mol. The molecule has 2 nitrogen and oxygen atoms in total. The van der Waals surface area contributed by atoms with Crippen LogP contribution in [0.5, 0.6) is 0 Å². The smallest absolute Gasteiger partial charge is 0.0220 e. The Hall–Kier alpha value is -0.0800. The summed E-state index contributed by atoms with van der Waals surface area (Å²) in [7, 11) is 0. The van der Waals surface area contributed by atoms with Gasteiger partial charge in [-0.15, -0.1) is 0 Å². The fourth-order valence-corrected chi connectivity index (χ4v) is 2.75. The van der Waals surface area contributed by atoms with Crippen LogP contribution in [0.1, 0.15) is 53.4 Å². The summed E-state index contributed by atoms with van der Waals surface area (Å²) in [6.45, 7) is 12.7. The lowest BCUT2D eigenvalue weighted by Crippen LogP contribution is -2.42. The van der Waals surface area contributed by atoms with E-state index in [2.05, 4.69) is 32.6 Å². The quantitative estimate of drug-likeness (QED) is 0.798. The van der Waals surface area contributed by atoms with E-state index in [1.54, 1.807) is 0 Å². The molecule has 1 rings (SSSR count). The second-order valence-corrected chi connectivity index (χ2v) is 6.57. The molecule has 1 saturated heterocycles. The number of nitrogens with two attached hydrogens (primary N) is 1. The molecule has 1 aliphatic heterocycles. The molecule has 16 heavy (non-hydrogen) atoms. The molecule has 0 aromatic rings. The molecular formula is C14H30N2. The van der Waals surface area contributed by atoms with E-state index in [9.17, 15) is 0 Å². The molecule has 1 heterocycles. The molecule has 0 saturated carbocycles. The molecule has 0 aliphatic carbocycles. The summed E-state index contributed by atoms with van der Waals surface area (Å²) in [5, 5.41) is 0. The van der Waals surface area contributed by atoms with E-state index in [1.165, 1.54) is 38.8 Å². The highest BCUT2D eigenvalue weighted by molar-refractivity contribution is 4.81. The number of likely N-dealkylation sites (tertiary alicyclic amines) is 1. The highest BCUT2D eigenvalue weighted by atomic mass is 15.2. The molecule has 0 aromatic carbocycles. The fraction of sp³-hybridized carbons (Fsp3) is 1.00. The van der Waals surface area contributed by atoms with Gasteiger partial charge in [-0.3, -0.25) is 4.90 Å². The lowest BCUT2D eigenvalue weighted by Gasteiger charge is -2.31. The second-order valence-electron chi connectivity index (χ2n) is 6.57. The van der Waals surface area contributed by atoms with Crippen molar-refractivity contribution in [3.63, 3.8) is 0 Å². The minimum absolute atomic E-state index is 0.533. The number of rotatable bonds is 4. The van der Waals surface area contributed by atoms with Crippen LogP contribution in [0.3, 0.4) is 0 Å². The van der Waals surface area contributed by atoms with E-state index in [0.29, 0.717) is 11.5 Å². The first-order valence-electron chi connectivity index (χ1n) is 6.89. The van der Waals surface area contributed by atoms with Gasteiger partial charge in [0.05, 0.1) is 0 Å². The Morgan fingerprint density at radius 2 is 1.88 bits per heavy atom. The Bertz CT molecular complexity index is 199. The molecule has 1 atom stereocenters. The SMILES string of the molecule is CC(C)CC(CN)N1CCCC(C)(C)CC1. The van der Waals surface area contributed by atoms with Gasteiger partial charge in [0.1, 0.15) is 0 Å². The van der Waals surface area contributed by atoms with Gasteiger partial charge >= 0.3 is 0 Å². The van der Waals surface area contributed by atoms with Crippen molar-refractivity contribution >= 4 is 0 Å². The predicted molar refractivity (Wildman–Crippen MR) is 71.5 cm³/mol. The summed E-state index contributed by atoms with van der Waals surface area (Å²) < 4.78 is 0. The average Bonchev–Trinajstić information content (AvgIpc) is 2.35. The minimum Gasteiger partial charge on any atom is -0.329 e. The van der Waals surface area contributed by atoms with Crippen molar-refractivity contribution in [2.75, 3.05) is 19.6 Å². The van der Waals surface area contributed by atoms with Crippen LogP contribution in [-0.4, -0.2) is 30.6 Å². The largest absolute Gasteiger partial charge is 0.329 e. The van der Waals surface area contributed by atoms with E-state index >= 15 is 0 Å². The molecule has 1 fully saturated rings. The molecule has 2 N–H and O–H groups in total. The number of nitrogens with zero attached hydrogens (tertiary/aromatic N) is 1. The molecule has 0 amide bonds.